The number of carbonyl (C=O) groups is 3. The molecule has 1 N–H and O–H groups in total. The van der Waals surface area contributed by atoms with Crippen LogP contribution in [0.1, 0.15) is 85.3 Å². The minimum Gasteiger partial charge on any atom is -0.497 e. The fraction of sp³-hybridized carbons (Fsp3) is 0.667. The molecule has 1 saturated carbocycles. The van der Waals surface area contributed by atoms with Gasteiger partial charge in [-0.25, -0.2) is 14.8 Å². The van der Waals surface area contributed by atoms with Crippen molar-refractivity contribution in [2.75, 3.05) is 13.7 Å². The van der Waals surface area contributed by atoms with Crippen molar-refractivity contribution in [3.05, 3.63) is 23.9 Å². The maximum Gasteiger partial charge on any atom is 0.326 e. The Labute approximate surface area is 261 Å². The minimum atomic E-state index is -3.40. The number of nitrogens with zero attached hydrogens (tertiary/aromatic N) is 3. The molecule has 3 heterocycles. The molecule has 6 atom stereocenters. The Hall–Kier alpha value is -3.57. The molecule has 3 aliphatic rings. The third kappa shape index (κ3) is 6.56. The third-order valence-electron chi connectivity index (χ3n) is 9.76. The number of amides is 1. The number of fused-ring (bicyclic) bond motifs is 5. The summed E-state index contributed by atoms with van der Waals surface area (Å²) in [6, 6.07) is 3.44. The summed E-state index contributed by atoms with van der Waals surface area (Å²) in [5.74, 6) is -7.21. The van der Waals surface area contributed by atoms with E-state index in [-0.39, 0.29) is 42.8 Å². The number of rotatable bonds is 3. The van der Waals surface area contributed by atoms with Gasteiger partial charge < -0.3 is 24.2 Å². The number of benzene rings is 1. The van der Waals surface area contributed by atoms with Gasteiger partial charge >= 0.3 is 11.9 Å². The van der Waals surface area contributed by atoms with Crippen molar-refractivity contribution in [1.82, 2.24) is 14.9 Å². The molecule has 0 spiro atoms. The molecule has 5 rings (SSSR count). The summed E-state index contributed by atoms with van der Waals surface area (Å²) >= 11 is 0. The lowest BCUT2D eigenvalue weighted by atomic mass is 9.77. The molecule has 45 heavy (non-hydrogen) atoms. The SMILES string of the molecule is CC[C@@H]1[C@@H]2CN(C(=O)[C@H](C(C)(C)C)CC(=O)O[C@]3(C)C[C@H]3CCCCC(F)(F)c3nc4ccc(OC)cc4nc3O2)[C@@H]1C(=O)O. The van der Waals surface area contributed by atoms with Crippen molar-refractivity contribution in [3.63, 3.8) is 0 Å². The molecule has 12 heteroatoms. The van der Waals surface area contributed by atoms with Gasteiger partial charge in [0.1, 0.15) is 23.5 Å². The Morgan fingerprint density at radius 1 is 1.18 bits per heavy atom. The van der Waals surface area contributed by atoms with Crippen molar-refractivity contribution in [2.45, 2.75) is 103 Å². The van der Waals surface area contributed by atoms with Gasteiger partial charge in [0.25, 0.3) is 5.92 Å². The van der Waals surface area contributed by atoms with Crippen LogP contribution in [0.5, 0.6) is 11.6 Å². The molecule has 0 radical (unpaired) electrons. The molecule has 2 aromatic rings. The number of hydrogen-bond donors (Lipinski definition) is 1. The normalized spacial score (nSPS) is 30.8. The van der Waals surface area contributed by atoms with Gasteiger partial charge in [-0.15, -0.1) is 0 Å². The molecule has 2 bridgehead atoms. The molecule has 246 valence electrons. The monoisotopic (exact) mass is 631 g/mol. The largest absolute Gasteiger partial charge is 0.497 e. The molecule has 1 aromatic heterocycles. The lowest BCUT2D eigenvalue weighted by Crippen LogP contribution is -2.48. The zero-order chi connectivity index (χ0) is 32.9. The van der Waals surface area contributed by atoms with Gasteiger partial charge in [0.05, 0.1) is 37.0 Å². The second kappa shape index (κ2) is 12.0. The Morgan fingerprint density at radius 3 is 2.56 bits per heavy atom. The molecule has 0 unspecified atom stereocenters. The molecule has 1 aliphatic carbocycles. The number of methoxy groups -OCH3 is 1. The Morgan fingerprint density at radius 2 is 1.91 bits per heavy atom. The van der Waals surface area contributed by atoms with Crippen LogP contribution in [0.4, 0.5) is 8.78 Å². The van der Waals surface area contributed by atoms with E-state index in [0.29, 0.717) is 25.0 Å². The molecular weight excluding hydrogens is 588 g/mol. The van der Waals surface area contributed by atoms with Crippen molar-refractivity contribution < 1.29 is 42.5 Å². The maximum atomic E-state index is 16.0. The van der Waals surface area contributed by atoms with Crippen LogP contribution in [-0.4, -0.2) is 69.2 Å². The number of carboxylic acid groups (broad SMARTS) is 1. The van der Waals surface area contributed by atoms with Gasteiger partial charge in [-0.3, -0.25) is 9.59 Å². The first-order valence-electron chi connectivity index (χ1n) is 15.7. The zero-order valence-electron chi connectivity index (χ0n) is 26.8. The number of carboxylic acids is 1. The van der Waals surface area contributed by atoms with Crippen molar-refractivity contribution in [1.29, 1.82) is 0 Å². The van der Waals surface area contributed by atoms with Crippen LogP contribution in [-0.2, 0) is 25.0 Å². The number of ether oxygens (including phenoxy) is 3. The summed E-state index contributed by atoms with van der Waals surface area (Å²) in [4.78, 5) is 50.0. The van der Waals surface area contributed by atoms with Gasteiger partial charge in [-0.05, 0) is 50.2 Å². The minimum absolute atomic E-state index is 0.0353. The Bertz CT molecular complexity index is 1480. The topological polar surface area (TPSA) is 128 Å². The standard InChI is InChI=1S/C33H43F2N3O7/c1-7-20-24-17-38(26(20)30(41)42)29(40)21(31(2,3)4)15-25(39)45-32(5)16-18(32)10-8-9-13-33(34,35)27-28(44-24)37-23-14-19(43-6)11-12-22(23)36-27/h11-12,14,18,20-21,24,26H,7-10,13,15-17H2,1-6H3,(H,41,42)/t18-,20-,21-,24+,26+,32-/m1/s1. The van der Waals surface area contributed by atoms with E-state index in [1.54, 1.807) is 25.1 Å². The van der Waals surface area contributed by atoms with E-state index in [2.05, 4.69) is 9.97 Å². The van der Waals surface area contributed by atoms with E-state index in [4.69, 9.17) is 14.2 Å². The van der Waals surface area contributed by atoms with E-state index < -0.39 is 76.8 Å². The summed E-state index contributed by atoms with van der Waals surface area (Å²) in [5, 5.41) is 10.3. The van der Waals surface area contributed by atoms with Crippen molar-refractivity contribution in [3.8, 4) is 11.6 Å². The number of esters is 1. The molecule has 1 amide bonds. The zero-order valence-corrected chi connectivity index (χ0v) is 26.8. The van der Waals surface area contributed by atoms with Crippen LogP contribution < -0.4 is 9.47 Å². The second-order valence-corrected chi connectivity index (χ2v) is 14.0. The van der Waals surface area contributed by atoms with Crippen LogP contribution in [0, 0.1) is 23.2 Å². The van der Waals surface area contributed by atoms with Crippen LogP contribution >= 0.6 is 0 Å². The van der Waals surface area contributed by atoms with Gasteiger partial charge in [-0.2, -0.15) is 8.78 Å². The highest BCUT2D eigenvalue weighted by molar-refractivity contribution is 5.89. The first-order chi connectivity index (χ1) is 21.1. The molecule has 10 nitrogen and oxygen atoms in total. The first kappa shape index (κ1) is 32.8. The molecule has 2 aliphatic heterocycles. The van der Waals surface area contributed by atoms with Crippen LogP contribution in [0.25, 0.3) is 11.0 Å². The maximum absolute atomic E-state index is 16.0. The van der Waals surface area contributed by atoms with Gasteiger partial charge in [-0.1, -0.05) is 34.1 Å². The van der Waals surface area contributed by atoms with E-state index >= 15 is 8.78 Å². The lowest BCUT2D eigenvalue weighted by Gasteiger charge is -2.34. The summed E-state index contributed by atoms with van der Waals surface area (Å²) in [6.07, 6.45) is 0.547. The van der Waals surface area contributed by atoms with Gasteiger partial charge in [0.15, 0.2) is 5.69 Å². The molecule has 1 saturated heterocycles. The molecule has 1 aromatic carbocycles. The number of carbonyl (C=O) groups excluding carboxylic acids is 2. The van der Waals surface area contributed by atoms with E-state index in [9.17, 15) is 19.5 Å². The second-order valence-electron chi connectivity index (χ2n) is 14.0. The number of aromatic nitrogens is 2. The van der Waals surface area contributed by atoms with Crippen LogP contribution in [0.15, 0.2) is 18.2 Å². The summed E-state index contributed by atoms with van der Waals surface area (Å²) in [7, 11) is 1.48. The van der Waals surface area contributed by atoms with E-state index in [1.165, 1.54) is 12.0 Å². The van der Waals surface area contributed by atoms with Crippen molar-refractivity contribution >= 4 is 28.9 Å². The number of hydrogen-bond acceptors (Lipinski definition) is 8. The lowest BCUT2D eigenvalue weighted by molar-refractivity contribution is -0.159. The Balaban J connectivity index is 1.60. The van der Waals surface area contributed by atoms with Crippen LogP contribution in [0.2, 0.25) is 0 Å². The summed E-state index contributed by atoms with van der Waals surface area (Å²) in [6.45, 7) is 8.87. The molecular formula is C33H43F2N3O7. The number of halogens is 2. The average molecular weight is 632 g/mol. The third-order valence-corrected chi connectivity index (χ3v) is 9.76. The fourth-order valence-corrected chi connectivity index (χ4v) is 6.89. The van der Waals surface area contributed by atoms with Gasteiger partial charge in [0, 0.05) is 24.3 Å². The summed E-state index contributed by atoms with van der Waals surface area (Å²) in [5.41, 5.74) is -1.52. The first-order valence-corrected chi connectivity index (χ1v) is 15.7. The predicted octanol–water partition coefficient (Wildman–Crippen LogP) is 5.75. The number of alkyl halides is 2. The van der Waals surface area contributed by atoms with E-state index in [1.807, 2.05) is 27.7 Å². The van der Waals surface area contributed by atoms with Gasteiger partial charge in [0.2, 0.25) is 11.8 Å². The van der Waals surface area contributed by atoms with E-state index in [0.717, 1.165) is 0 Å². The molecule has 2 fully saturated rings. The highest BCUT2D eigenvalue weighted by atomic mass is 19.3. The predicted molar refractivity (Wildman–Crippen MR) is 160 cm³/mol. The number of aliphatic carboxylic acids is 1. The Kier molecular flexibility index (Phi) is 8.74. The highest BCUT2D eigenvalue weighted by Crippen LogP contribution is 2.51. The summed E-state index contributed by atoms with van der Waals surface area (Å²) < 4.78 is 49.3. The fourth-order valence-electron chi connectivity index (χ4n) is 6.89. The average Bonchev–Trinajstić information content (AvgIpc) is 3.44. The van der Waals surface area contributed by atoms with Crippen molar-refractivity contribution in [2.24, 2.45) is 23.2 Å². The smallest absolute Gasteiger partial charge is 0.326 e. The highest BCUT2D eigenvalue weighted by Gasteiger charge is 2.55. The quantitative estimate of drug-likeness (QED) is 0.421. The van der Waals surface area contributed by atoms with Crippen LogP contribution in [0.3, 0.4) is 0 Å².